The Morgan fingerprint density at radius 1 is 1.04 bits per heavy atom. The van der Waals surface area contributed by atoms with Crippen LogP contribution in [0.3, 0.4) is 0 Å². The van der Waals surface area contributed by atoms with Crippen LogP contribution in [0.5, 0.6) is 0 Å². The Morgan fingerprint density at radius 2 is 1.61 bits per heavy atom. The molecule has 5 nitrogen and oxygen atoms in total. The van der Waals surface area contributed by atoms with Crippen LogP contribution in [0.1, 0.15) is 76.7 Å². The van der Waals surface area contributed by atoms with Gasteiger partial charge in [0.15, 0.2) is 0 Å². The van der Waals surface area contributed by atoms with Crippen LogP contribution in [0.25, 0.3) is 0 Å². The molecule has 156 valence electrons. The number of carbonyl (C=O) groups excluding carboxylic acids is 2. The number of likely N-dealkylation sites (tertiary alicyclic amines) is 1. The summed E-state index contributed by atoms with van der Waals surface area (Å²) in [5.41, 5.74) is 1.26. The molecule has 1 N–H and O–H groups in total. The highest BCUT2D eigenvalue weighted by Crippen LogP contribution is 2.22. The number of nitrogens with one attached hydrogen (secondary N) is 1. The molecule has 1 aromatic carbocycles. The fourth-order valence-corrected chi connectivity index (χ4v) is 3.26. The zero-order chi connectivity index (χ0) is 20.9. The van der Waals surface area contributed by atoms with Gasteiger partial charge >= 0.3 is 5.97 Å². The molecule has 1 aromatic rings. The summed E-state index contributed by atoms with van der Waals surface area (Å²) >= 11 is 0. The molecule has 1 aliphatic rings. The lowest BCUT2D eigenvalue weighted by molar-refractivity contribution is -0.134. The Bertz CT molecular complexity index is 661. The molecule has 2 rings (SSSR count). The third-order valence-corrected chi connectivity index (χ3v) is 4.71. The highest BCUT2D eigenvalue weighted by Gasteiger charge is 2.25. The monoisotopic (exact) mass is 388 g/mol. The minimum atomic E-state index is -0.486. The largest absolute Gasteiger partial charge is 0.456 e. The molecule has 1 aliphatic heterocycles. The molecular formula is C23H36N2O3. The van der Waals surface area contributed by atoms with Gasteiger partial charge in [0, 0.05) is 32.1 Å². The fourth-order valence-electron chi connectivity index (χ4n) is 3.26. The van der Waals surface area contributed by atoms with E-state index >= 15 is 0 Å². The van der Waals surface area contributed by atoms with Crippen LogP contribution in [-0.4, -0.2) is 41.5 Å². The molecule has 0 saturated carbocycles. The number of hydrogen-bond acceptors (Lipinski definition) is 4. The summed E-state index contributed by atoms with van der Waals surface area (Å²) in [5.74, 6) is -0.0250. The topological polar surface area (TPSA) is 58.6 Å². The van der Waals surface area contributed by atoms with E-state index in [2.05, 4.69) is 26.1 Å². The summed E-state index contributed by atoms with van der Waals surface area (Å²) < 4.78 is 5.39. The first-order valence-electron chi connectivity index (χ1n) is 10.3. The highest BCUT2D eigenvalue weighted by atomic mass is 16.6. The number of amides is 1. The molecule has 0 spiro atoms. The number of piperidine rings is 1. The van der Waals surface area contributed by atoms with Crippen molar-refractivity contribution in [3.63, 3.8) is 0 Å². The van der Waals surface area contributed by atoms with E-state index in [0.29, 0.717) is 18.0 Å². The maximum atomic E-state index is 12.3. The van der Waals surface area contributed by atoms with Crippen molar-refractivity contribution < 1.29 is 14.3 Å². The first-order valence-corrected chi connectivity index (χ1v) is 10.3. The van der Waals surface area contributed by atoms with Crippen LogP contribution >= 0.6 is 0 Å². The molecule has 1 heterocycles. The van der Waals surface area contributed by atoms with Gasteiger partial charge in [0.05, 0.1) is 5.56 Å². The SMILES string of the molecule is CC(C)(C)CC(=O)N1CCC(NCc2ccc(C(=O)OC(C)(C)C)cc2)CC1. The van der Waals surface area contributed by atoms with Gasteiger partial charge in [-0.2, -0.15) is 0 Å². The third kappa shape index (κ3) is 7.63. The molecule has 5 heteroatoms. The summed E-state index contributed by atoms with van der Waals surface area (Å²) in [5, 5.41) is 3.58. The van der Waals surface area contributed by atoms with E-state index in [1.165, 1.54) is 0 Å². The molecule has 1 saturated heterocycles. The Balaban J connectivity index is 1.76. The second-order valence-electron chi connectivity index (χ2n) is 9.97. The second kappa shape index (κ2) is 9.08. The molecule has 0 aromatic heterocycles. The normalized spacial score (nSPS) is 16.1. The number of rotatable bonds is 5. The smallest absolute Gasteiger partial charge is 0.338 e. The minimum absolute atomic E-state index is 0.0393. The van der Waals surface area contributed by atoms with E-state index in [0.717, 1.165) is 38.0 Å². The number of hydrogen-bond donors (Lipinski definition) is 1. The summed E-state index contributed by atoms with van der Waals surface area (Å²) in [6.45, 7) is 14.3. The van der Waals surface area contributed by atoms with Gasteiger partial charge in [-0.05, 0) is 56.7 Å². The van der Waals surface area contributed by atoms with Crippen molar-refractivity contribution in [2.24, 2.45) is 5.41 Å². The number of nitrogens with zero attached hydrogens (tertiary/aromatic N) is 1. The van der Waals surface area contributed by atoms with Gasteiger partial charge in [-0.1, -0.05) is 32.9 Å². The molecule has 0 aliphatic carbocycles. The van der Waals surface area contributed by atoms with Gasteiger partial charge in [-0.15, -0.1) is 0 Å². The average molecular weight is 389 g/mol. The van der Waals surface area contributed by atoms with Crippen LogP contribution in [0, 0.1) is 5.41 Å². The van der Waals surface area contributed by atoms with Crippen LogP contribution < -0.4 is 5.32 Å². The zero-order valence-electron chi connectivity index (χ0n) is 18.3. The zero-order valence-corrected chi connectivity index (χ0v) is 18.3. The predicted octanol–water partition coefficient (Wildman–Crippen LogP) is 4.16. The standard InChI is InChI=1S/C23H36N2O3/c1-22(2,3)15-20(26)25-13-11-19(12-14-25)24-16-17-7-9-18(10-8-17)21(27)28-23(4,5)6/h7-10,19,24H,11-16H2,1-6H3. The van der Waals surface area contributed by atoms with Crippen molar-refractivity contribution in [2.75, 3.05) is 13.1 Å². The van der Waals surface area contributed by atoms with E-state index in [-0.39, 0.29) is 17.3 Å². The molecular weight excluding hydrogens is 352 g/mol. The van der Waals surface area contributed by atoms with E-state index in [4.69, 9.17) is 4.74 Å². The molecule has 0 atom stereocenters. The van der Waals surface area contributed by atoms with Crippen molar-refractivity contribution >= 4 is 11.9 Å². The first-order chi connectivity index (χ1) is 12.9. The number of esters is 1. The summed E-state index contributed by atoms with van der Waals surface area (Å²) in [6.07, 6.45) is 2.56. The summed E-state index contributed by atoms with van der Waals surface area (Å²) in [4.78, 5) is 26.4. The lowest BCUT2D eigenvalue weighted by Gasteiger charge is -2.34. The van der Waals surface area contributed by atoms with E-state index in [1.54, 1.807) is 0 Å². The van der Waals surface area contributed by atoms with Crippen LogP contribution in [0.2, 0.25) is 0 Å². The van der Waals surface area contributed by atoms with Gasteiger partial charge in [0.1, 0.15) is 5.60 Å². The molecule has 0 radical (unpaired) electrons. The third-order valence-electron chi connectivity index (χ3n) is 4.71. The van der Waals surface area contributed by atoms with Crippen LogP contribution in [0.15, 0.2) is 24.3 Å². The van der Waals surface area contributed by atoms with Crippen molar-refractivity contribution in [1.29, 1.82) is 0 Å². The van der Waals surface area contributed by atoms with Gasteiger partial charge < -0.3 is 15.0 Å². The van der Waals surface area contributed by atoms with Crippen molar-refractivity contribution in [3.05, 3.63) is 35.4 Å². The van der Waals surface area contributed by atoms with Crippen LogP contribution in [0.4, 0.5) is 0 Å². The minimum Gasteiger partial charge on any atom is -0.456 e. The number of benzene rings is 1. The van der Waals surface area contributed by atoms with Gasteiger partial charge in [0.2, 0.25) is 5.91 Å². The molecule has 28 heavy (non-hydrogen) atoms. The second-order valence-corrected chi connectivity index (χ2v) is 9.97. The van der Waals surface area contributed by atoms with Gasteiger partial charge in [-0.3, -0.25) is 4.79 Å². The van der Waals surface area contributed by atoms with Crippen molar-refractivity contribution in [2.45, 2.75) is 79.0 Å². The Morgan fingerprint density at radius 3 is 2.11 bits per heavy atom. The maximum absolute atomic E-state index is 12.3. The fraction of sp³-hybridized carbons (Fsp3) is 0.652. The highest BCUT2D eigenvalue weighted by molar-refractivity contribution is 5.89. The van der Waals surface area contributed by atoms with Crippen molar-refractivity contribution in [1.82, 2.24) is 10.2 Å². The first kappa shape index (κ1) is 22.4. The Hall–Kier alpha value is -1.88. The molecule has 0 unspecified atom stereocenters. The average Bonchev–Trinajstić information content (AvgIpc) is 2.58. The van der Waals surface area contributed by atoms with Gasteiger partial charge in [-0.25, -0.2) is 4.79 Å². The number of ether oxygens (including phenoxy) is 1. The molecule has 0 bridgehead atoms. The van der Waals surface area contributed by atoms with Crippen LogP contribution in [-0.2, 0) is 16.1 Å². The lowest BCUT2D eigenvalue weighted by Crippen LogP contribution is -2.45. The quantitative estimate of drug-likeness (QED) is 0.770. The summed E-state index contributed by atoms with van der Waals surface area (Å²) in [6, 6.07) is 7.99. The lowest BCUT2D eigenvalue weighted by atomic mass is 9.91. The van der Waals surface area contributed by atoms with E-state index in [9.17, 15) is 9.59 Å². The number of carbonyl (C=O) groups is 2. The molecule has 1 fully saturated rings. The van der Waals surface area contributed by atoms with E-state index in [1.807, 2.05) is 49.9 Å². The molecule has 1 amide bonds. The maximum Gasteiger partial charge on any atom is 0.338 e. The van der Waals surface area contributed by atoms with E-state index < -0.39 is 5.60 Å². The Kier molecular flexibility index (Phi) is 7.27. The van der Waals surface area contributed by atoms with Gasteiger partial charge in [0.25, 0.3) is 0 Å². The summed E-state index contributed by atoms with van der Waals surface area (Å²) in [7, 11) is 0. The Labute approximate surface area is 169 Å². The predicted molar refractivity (Wildman–Crippen MR) is 112 cm³/mol. The van der Waals surface area contributed by atoms with Crippen molar-refractivity contribution in [3.8, 4) is 0 Å².